The summed E-state index contributed by atoms with van der Waals surface area (Å²) in [7, 11) is 0. The van der Waals surface area contributed by atoms with E-state index in [0.29, 0.717) is 5.56 Å². The molecule has 0 radical (unpaired) electrons. The fourth-order valence-corrected chi connectivity index (χ4v) is 1.33. The summed E-state index contributed by atoms with van der Waals surface area (Å²) in [6.07, 6.45) is -1.38. The predicted molar refractivity (Wildman–Crippen MR) is 61.5 cm³/mol. The Hall–Kier alpha value is -2.15. The second-order valence-electron chi connectivity index (χ2n) is 3.53. The summed E-state index contributed by atoms with van der Waals surface area (Å²) in [5, 5.41) is 22.6. The summed E-state index contributed by atoms with van der Waals surface area (Å²) >= 11 is 0. The predicted octanol–water partition coefficient (Wildman–Crippen LogP) is 0.161. The van der Waals surface area contributed by atoms with E-state index in [4.69, 9.17) is 5.73 Å². The molecule has 7 nitrogen and oxygen atoms in total. The topological polar surface area (TPSA) is 118 Å². The van der Waals surface area contributed by atoms with Gasteiger partial charge in [-0.1, -0.05) is 12.1 Å². The van der Waals surface area contributed by atoms with Crippen LogP contribution in [0.15, 0.2) is 18.2 Å². The average molecular weight is 239 g/mol. The molecular weight excluding hydrogens is 226 g/mol. The van der Waals surface area contributed by atoms with Crippen LogP contribution in [0.3, 0.4) is 0 Å². The van der Waals surface area contributed by atoms with Gasteiger partial charge in [0.15, 0.2) is 0 Å². The molecule has 7 heteroatoms. The first-order valence-corrected chi connectivity index (χ1v) is 4.88. The zero-order valence-electron chi connectivity index (χ0n) is 9.21. The van der Waals surface area contributed by atoms with Crippen molar-refractivity contribution in [2.24, 2.45) is 5.73 Å². The van der Waals surface area contributed by atoms with E-state index in [1.54, 1.807) is 19.1 Å². The van der Waals surface area contributed by atoms with Crippen molar-refractivity contribution in [1.82, 2.24) is 0 Å². The number of primary amides is 1. The number of carbonyl (C=O) groups excluding carboxylic acids is 1. The molecular formula is C10H13N3O4. The molecule has 1 atom stereocenters. The number of aliphatic hydroxyl groups excluding tert-OH is 1. The number of nitrogens with zero attached hydrogens (tertiary/aromatic N) is 1. The van der Waals surface area contributed by atoms with Gasteiger partial charge in [0.25, 0.3) is 5.69 Å². The van der Waals surface area contributed by atoms with Crippen LogP contribution < -0.4 is 11.1 Å². The van der Waals surface area contributed by atoms with Crippen LogP contribution >= 0.6 is 0 Å². The number of nitro groups is 1. The lowest BCUT2D eigenvalue weighted by molar-refractivity contribution is -0.384. The van der Waals surface area contributed by atoms with Crippen LogP contribution in [0.1, 0.15) is 5.56 Å². The number of nitrogens with one attached hydrogen (secondary N) is 1. The van der Waals surface area contributed by atoms with Crippen molar-refractivity contribution in [1.29, 1.82) is 0 Å². The minimum absolute atomic E-state index is 0.110. The van der Waals surface area contributed by atoms with Gasteiger partial charge in [-0.3, -0.25) is 14.9 Å². The number of amides is 1. The molecule has 1 aromatic carbocycles. The molecule has 0 aliphatic carbocycles. The maximum Gasteiger partial charge on any atom is 0.292 e. The minimum Gasteiger partial charge on any atom is -0.381 e. The fourth-order valence-electron chi connectivity index (χ4n) is 1.33. The summed E-state index contributed by atoms with van der Waals surface area (Å²) in [5.41, 5.74) is 5.69. The number of hydrogen-bond donors (Lipinski definition) is 3. The molecule has 1 rings (SSSR count). The Labute approximate surface area is 97.4 Å². The number of hydrogen-bond acceptors (Lipinski definition) is 5. The zero-order chi connectivity index (χ0) is 13.0. The number of aliphatic hydroxyl groups is 1. The standard InChI is InChI=1S/C10H13N3O4/c1-6-3-2-4-7(13(16)17)9(6)12-5-8(14)10(11)15/h2-4,8,12,14H,5H2,1H3,(H2,11,15). The van der Waals surface area contributed by atoms with E-state index in [0.717, 1.165) is 0 Å². The van der Waals surface area contributed by atoms with Crippen LogP contribution in [0.5, 0.6) is 0 Å². The van der Waals surface area contributed by atoms with E-state index < -0.39 is 16.9 Å². The molecule has 17 heavy (non-hydrogen) atoms. The van der Waals surface area contributed by atoms with E-state index in [2.05, 4.69) is 5.32 Å². The lowest BCUT2D eigenvalue weighted by Crippen LogP contribution is -2.34. The third-order valence-corrected chi connectivity index (χ3v) is 2.25. The van der Waals surface area contributed by atoms with Gasteiger partial charge in [-0.15, -0.1) is 0 Å². The number of benzene rings is 1. The molecule has 0 saturated carbocycles. The highest BCUT2D eigenvalue weighted by atomic mass is 16.6. The molecule has 0 spiro atoms. The number of rotatable bonds is 5. The van der Waals surface area contributed by atoms with Gasteiger partial charge in [-0.2, -0.15) is 0 Å². The lowest BCUT2D eigenvalue weighted by Gasteiger charge is -2.11. The van der Waals surface area contributed by atoms with Crippen LogP contribution in [0, 0.1) is 17.0 Å². The van der Waals surface area contributed by atoms with Crippen molar-refractivity contribution < 1.29 is 14.8 Å². The molecule has 0 heterocycles. The first-order valence-electron chi connectivity index (χ1n) is 4.88. The minimum atomic E-state index is -1.38. The van der Waals surface area contributed by atoms with Crippen LogP contribution in [0.4, 0.5) is 11.4 Å². The Kier molecular flexibility index (Phi) is 4.00. The zero-order valence-corrected chi connectivity index (χ0v) is 9.21. The van der Waals surface area contributed by atoms with Crippen molar-refractivity contribution in [3.05, 3.63) is 33.9 Å². The van der Waals surface area contributed by atoms with Crippen molar-refractivity contribution >= 4 is 17.3 Å². The molecule has 1 aromatic rings. The van der Waals surface area contributed by atoms with Crippen LogP contribution in [-0.4, -0.2) is 28.6 Å². The largest absolute Gasteiger partial charge is 0.381 e. The molecule has 0 fully saturated rings. The van der Waals surface area contributed by atoms with Crippen molar-refractivity contribution in [3.8, 4) is 0 Å². The van der Waals surface area contributed by atoms with Crippen molar-refractivity contribution in [2.75, 3.05) is 11.9 Å². The molecule has 0 bridgehead atoms. The van der Waals surface area contributed by atoms with Gasteiger partial charge in [-0.05, 0) is 12.5 Å². The quantitative estimate of drug-likeness (QED) is 0.499. The Bertz CT molecular complexity index is 447. The fraction of sp³-hybridized carbons (Fsp3) is 0.300. The Morgan fingerprint density at radius 3 is 2.82 bits per heavy atom. The summed E-state index contributed by atoms with van der Waals surface area (Å²) in [4.78, 5) is 20.9. The summed E-state index contributed by atoms with van der Waals surface area (Å²) in [6.45, 7) is 1.52. The van der Waals surface area contributed by atoms with E-state index in [-0.39, 0.29) is 17.9 Å². The van der Waals surface area contributed by atoms with E-state index in [1.165, 1.54) is 6.07 Å². The second kappa shape index (κ2) is 5.26. The third-order valence-electron chi connectivity index (χ3n) is 2.25. The molecule has 92 valence electrons. The van der Waals surface area contributed by atoms with Gasteiger partial charge in [0, 0.05) is 6.07 Å². The number of aryl methyl sites for hydroxylation is 1. The lowest BCUT2D eigenvalue weighted by atomic mass is 10.1. The first kappa shape index (κ1) is 12.9. The second-order valence-corrected chi connectivity index (χ2v) is 3.53. The SMILES string of the molecule is Cc1cccc([N+](=O)[O-])c1NCC(O)C(N)=O. The third kappa shape index (κ3) is 3.15. The first-order chi connectivity index (χ1) is 7.93. The van der Waals surface area contributed by atoms with E-state index in [1.807, 2.05) is 0 Å². The highest BCUT2D eigenvalue weighted by Crippen LogP contribution is 2.27. The highest BCUT2D eigenvalue weighted by molar-refractivity contribution is 5.79. The number of anilines is 1. The van der Waals surface area contributed by atoms with Crippen LogP contribution in [-0.2, 0) is 4.79 Å². The van der Waals surface area contributed by atoms with E-state index >= 15 is 0 Å². The van der Waals surface area contributed by atoms with Gasteiger partial charge in [0.05, 0.1) is 11.5 Å². The Morgan fingerprint density at radius 2 is 2.29 bits per heavy atom. The average Bonchev–Trinajstić information content (AvgIpc) is 2.26. The van der Waals surface area contributed by atoms with E-state index in [9.17, 15) is 20.0 Å². The smallest absolute Gasteiger partial charge is 0.292 e. The highest BCUT2D eigenvalue weighted by Gasteiger charge is 2.17. The molecule has 0 aromatic heterocycles. The number of para-hydroxylation sites is 1. The molecule has 0 aliphatic heterocycles. The molecule has 4 N–H and O–H groups in total. The Balaban J connectivity index is 2.90. The van der Waals surface area contributed by atoms with Crippen molar-refractivity contribution in [2.45, 2.75) is 13.0 Å². The van der Waals surface area contributed by atoms with Crippen molar-refractivity contribution in [3.63, 3.8) is 0 Å². The maximum atomic E-state index is 10.8. The number of carbonyl (C=O) groups is 1. The van der Waals surface area contributed by atoms with Gasteiger partial charge in [-0.25, -0.2) is 0 Å². The molecule has 0 saturated heterocycles. The van der Waals surface area contributed by atoms with Gasteiger partial charge in [0.2, 0.25) is 5.91 Å². The molecule has 1 amide bonds. The van der Waals surface area contributed by atoms with Crippen LogP contribution in [0.2, 0.25) is 0 Å². The monoisotopic (exact) mass is 239 g/mol. The summed E-state index contributed by atoms with van der Waals surface area (Å²) in [6, 6.07) is 4.58. The van der Waals surface area contributed by atoms with Gasteiger partial charge < -0.3 is 16.2 Å². The molecule has 1 unspecified atom stereocenters. The number of nitrogens with two attached hydrogens (primary N) is 1. The summed E-state index contributed by atoms with van der Waals surface area (Å²) < 4.78 is 0. The summed E-state index contributed by atoms with van der Waals surface area (Å²) in [5.74, 6) is -0.881. The maximum absolute atomic E-state index is 10.8. The molecule has 0 aliphatic rings. The van der Waals surface area contributed by atoms with Gasteiger partial charge >= 0.3 is 0 Å². The Morgan fingerprint density at radius 1 is 1.65 bits per heavy atom. The normalized spacial score (nSPS) is 11.9. The van der Waals surface area contributed by atoms with Crippen LogP contribution in [0.25, 0.3) is 0 Å². The van der Waals surface area contributed by atoms with Gasteiger partial charge in [0.1, 0.15) is 11.8 Å². The number of nitro benzene ring substituents is 1.